The molecule has 1 atom stereocenters. The van der Waals surface area contributed by atoms with Gasteiger partial charge < -0.3 is 4.74 Å². The van der Waals surface area contributed by atoms with Gasteiger partial charge in [0.25, 0.3) is 0 Å². The minimum atomic E-state index is -0.583. The van der Waals surface area contributed by atoms with E-state index >= 15 is 0 Å². The van der Waals surface area contributed by atoms with Gasteiger partial charge in [-0.15, -0.1) is 0 Å². The van der Waals surface area contributed by atoms with E-state index < -0.39 is 5.41 Å². The molecule has 1 heterocycles. The van der Waals surface area contributed by atoms with Crippen LogP contribution in [-0.2, 0) is 14.3 Å². The lowest BCUT2D eigenvalue weighted by molar-refractivity contribution is -0.137. The number of cyclic esters (lactones) is 1. The first-order valence-electron chi connectivity index (χ1n) is 3.33. The number of rotatable bonds is 2. The zero-order valence-electron chi connectivity index (χ0n) is 6.22. The molecule has 1 fully saturated rings. The predicted molar refractivity (Wildman–Crippen MR) is 42.5 cm³/mol. The Bertz CT molecular complexity index is 202. The van der Waals surface area contributed by atoms with Crippen LogP contribution in [0.25, 0.3) is 0 Å². The highest BCUT2D eigenvalue weighted by Crippen LogP contribution is 2.30. The van der Waals surface area contributed by atoms with Crippen molar-refractivity contribution in [3.8, 4) is 0 Å². The molecule has 62 valence electrons. The summed E-state index contributed by atoms with van der Waals surface area (Å²) < 4.78 is 4.71. The standard InChI is InChI=1S/C7H9BrO3/c1-7(5(9)3-8)2-6(10)11-4-7/h2-4H2,1H3. The highest BCUT2D eigenvalue weighted by atomic mass is 79.9. The number of ether oxygens (including phenoxy) is 1. The lowest BCUT2D eigenvalue weighted by Gasteiger charge is -2.15. The van der Waals surface area contributed by atoms with Crippen molar-refractivity contribution in [2.75, 3.05) is 11.9 Å². The number of alkyl halides is 1. The number of esters is 1. The fourth-order valence-corrected chi connectivity index (χ4v) is 1.68. The van der Waals surface area contributed by atoms with Crippen molar-refractivity contribution >= 4 is 27.7 Å². The van der Waals surface area contributed by atoms with Gasteiger partial charge in [-0.25, -0.2) is 0 Å². The summed E-state index contributed by atoms with van der Waals surface area (Å²) in [5.41, 5.74) is -0.583. The Labute approximate surface area is 73.2 Å². The van der Waals surface area contributed by atoms with Crippen LogP contribution in [0.1, 0.15) is 13.3 Å². The summed E-state index contributed by atoms with van der Waals surface area (Å²) in [6, 6.07) is 0. The molecule has 0 aromatic carbocycles. The third-order valence-corrected chi connectivity index (χ3v) is 2.39. The molecule has 1 rings (SSSR count). The van der Waals surface area contributed by atoms with Crippen molar-refractivity contribution in [3.05, 3.63) is 0 Å². The molecule has 1 aliphatic rings. The third-order valence-electron chi connectivity index (χ3n) is 1.88. The molecule has 0 aromatic rings. The maximum atomic E-state index is 11.2. The maximum absolute atomic E-state index is 11.2. The first-order valence-corrected chi connectivity index (χ1v) is 4.45. The fraction of sp³-hybridized carbons (Fsp3) is 0.714. The highest BCUT2D eigenvalue weighted by Gasteiger charge is 2.41. The molecule has 3 nitrogen and oxygen atoms in total. The molecular weight excluding hydrogens is 212 g/mol. The molecule has 0 saturated carbocycles. The summed E-state index contributed by atoms with van der Waals surface area (Å²) >= 11 is 3.06. The second kappa shape index (κ2) is 2.93. The van der Waals surface area contributed by atoms with Crippen LogP contribution in [0.4, 0.5) is 0 Å². The van der Waals surface area contributed by atoms with E-state index in [1.54, 1.807) is 6.92 Å². The Morgan fingerprint density at radius 3 is 2.82 bits per heavy atom. The van der Waals surface area contributed by atoms with Crippen molar-refractivity contribution in [1.29, 1.82) is 0 Å². The van der Waals surface area contributed by atoms with Gasteiger partial charge in [-0.3, -0.25) is 9.59 Å². The lowest BCUT2D eigenvalue weighted by Crippen LogP contribution is -2.29. The Balaban J connectivity index is 2.69. The minimum Gasteiger partial charge on any atom is -0.465 e. The van der Waals surface area contributed by atoms with Crippen LogP contribution in [-0.4, -0.2) is 23.7 Å². The summed E-state index contributed by atoms with van der Waals surface area (Å²) in [7, 11) is 0. The summed E-state index contributed by atoms with van der Waals surface area (Å²) in [4.78, 5) is 21.9. The molecule has 1 aliphatic heterocycles. The molecule has 1 unspecified atom stereocenters. The van der Waals surface area contributed by atoms with Crippen LogP contribution >= 0.6 is 15.9 Å². The monoisotopic (exact) mass is 220 g/mol. The van der Waals surface area contributed by atoms with Crippen LogP contribution < -0.4 is 0 Å². The van der Waals surface area contributed by atoms with E-state index in [9.17, 15) is 9.59 Å². The van der Waals surface area contributed by atoms with Gasteiger partial charge in [-0.05, 0) is 6.92 Å². The number of hydrogen-bond acceptors (Lipinski definition) is 3. The number of ketones is 1. The van der Waals surface area contributed by atoms with Crippen LogP contribution in [0.15, 0.2) is 0 Å². The summed E-state index contributed by atoms with van der Waals surface area (Å²) in [6.07, 6.45) is 0.220. The predicted octanol–water partition coefficient (Wildman–Crippen LogP) is 0.904. The Kier molecular flexibility index (Phi) is 2.32. The molecule has 0 amide bonds. The molecule has 0 spiro atoms. The van der Waals surface area contributed by atoms with E-state index in [1.165, 1.54) is 0 Å². The average molecular weight is 221 g/mol. The molecule has 1 saturated heterocycles. The SMILES string of the molecule is CC1(C(=O)CBr)COC(=O)C1. The molecule has 11 heavy (non-hydrogen) atoms. The van der Waals surface area contributed by atoms with E-state index in [4.69, 9.17) is 4.74 Å². The fourth-order valence-electron chi connectivity index (χ4n) is 1.00. The topological polar surface area (TPSA) is 43.4 Å². The lowest BCUT2D eigenvalue weighted by atomic mass is 9.86. The summed E-state index contributed by atoms with van der Waals surface area (Å²) in [5.74, 6) is -0.245. The molecule has 0 radical (unpaired) electrons. The van der Waals surface area contributed by atoms with Crippen molar-refractivity contribution in [3.63, 3.8) is 0 Å². The molecule has 4 heteroatoms. The average Bonchev–Trinajstić information content (AvgIpc) is 2.31. The number of Topliss-reactive ketones (excluding diaryl/α,β-unsaturated/α-hetero) is 1. The van der Waals surface area contributed by atoms with Crippen molar-refractivity contribution in [2.24, 2.45) is 5.41 Å². The smallest absolute Gasteiger partial charge is 0.306 e. The van der Waals surface area contributed by atoms with Gasteiger partial charge >= 0.3 is 5.97 Å². The van der Waals surface area contributed by atoms with Gasteiger partial charge in [0.15, 0.2) is 5.78 Å². The van der Waals surface area contributed by atoms with Gasteiger partial charge in [0, 0.05) is 0 Å². The van der Waals surface area contributed by atoms with Gasteiger partial charge in [-0.1, -0.05) is 15.9 Å². The highest BCUT2D eigenvalue weighted by molar-refractivity contribution is 9.09. The normalized spacial score (nSPS) is 30.2. The van der Waals surface area contributed by atoms with Gasteiger partial charge in [0.1, 0.15) is 6.61 Å². The van der Waals surface area contributed by atoms with Crippen LogP contribution in [0.3, 0.4) is 0 Å². The minimum absolute atomic E-state index is 0.0309. The summed E-state index contributed by atoms with van der Waals surface area (Å²) in [5, 5.41) is 0.292. The Hall–Kier alpha value is -0.380. The van der Waals surface area contributed by atoms with E-state index in [2.05, 4.69) is 15.9 Å². The molecule has 0 bridgehead atoms. The largest absolute Gasteiger partial charge is 0.465 e. The van der Waals surface area contributed by atoms with E-state index in [0.717, 1.165) is 0 Å². The summed E-state index contributed by atoms with van der Waals surface area (Å²) in [6.45, 7) is 1.98. The van der Waals surface area contributed by atoms with Crippen LogP contribution in [0.2, 0.25) is 0 Å². The maximum Gasteiger partial charge on any atom is 0.306 e. The number of carbonyl (C=O) groups excluding carboxylic acids is 2. The quantitative estimate of drug-likeness (QED) is 0.514. The number of carbonyl (C=O) groups is 2. The van der Waals surface area contributed by atoms with E-state index in [0.29, 0.717) is 5.33 Å². The number of halogens is 1. The zero-order valence-corrected chi connectivity index (χ0v) is 7.81. The van der Waals surface area contributed by atoms with Crippen LogP contribution in [0, 0.1) is 5.41 Å². The molecule has 0 N–H and O–H groups in total. The Morgan fingerprint density at radius 2 is 2.45 bits per heavy atom. The second-order valence-electron chi connectivity index (χ2n) is 2.95. The van der Waals surface area contributed by atoms with Gasteiger partial charge in [0.05, 0.1) is 17.2 Å². The Morgan fingerprint density at radius 1 is 1.82 bits per heavy atom. The zero-order chi connectivity index (χ0) is 8.48. The molecular formula is C7H9BrO3. The van der Waals surface area contributed by atoms with Gasteiger partial charge in [-0.2, -0.15) is 0 Å². The first kappa shape index (κ1) is 8.71. The van der Waals surface area contributed by atoms with Crippen molar-refractivity contribution in [2.45, 2.75) is 13.3 Å². The van der Waals surface area contributed by atoms with Crippen LogP contribution in [0.5, 0.6) is 0 Å². The van der Waals surface area contributed by atoms with E-state index in [-0.39, 0.29) is 24.8 Å². The van der Waals surface area contributed by atoms with Gasteiger partial charge in [0.2, 0.25) is 0 Å². The third kappa shape index (κ3) is 1.61. The second-order valence-corrected chi connectivity index (χ2v) is 3.52. The van der Waals surface area contributed by atoms with Crippen molar-refractivity contribution < 1.29 is 14.3 Å². The van der Waals surface area contributed by atoms with E-state index in [1.807, 2.05) is 0 Å². The number of hydrogen-bond donors (Lipinski definition) is 0. The molecule has 0 aromatic heterocycles. The first-order chi connectivity index (χ1) is 5.08. The molecule has 0 aliphatic carbocycles. The van der Waals surface area contributed by atoms with Crippen molar-refractivity contribution in [1.82, 2.24) is 0 Å².